The number of carboxylic acids is 1. The SMILES string of the molecule is CCOC(=O)Cc1csc(NC(=O)C(C)Sc2cccc(NC(=O)CCC(=O)O)c2)n1. The molecule has 166 valence electrons. The van der Waals surface area contributed by atoms with Crippen LogP contribution >= 0.6 is 23.1 Å². The molecule has 0 aliphatic heterocycles. The number of hydrogen-bond donors (Lipinski definition) is 3. The molecular formula is C20H23N3O6S2. The van der Waals surface area contributed by atoms with Crippen LogP contribution in [0, 0.1) is 0 Å². The first-order valence-corrected chi connectivity index (χ1v) is 11.2. The van der Waals surface area contributed by atoms with Gasteiger partial charge < -0.3 is 20.5 Å². The zero-order valence-electron chi connectivity index (χ0n) is 17.0. The van der Waals surface area contributed by atoms with E-state index in [4.69, 9.17) is 9.84 Å². The lowest BCUT2D eigenvalue weighted by molar-refractivity contribution is -0.142. The summed E-state index contributed by atoms with van der Waals surface area (Å²) in [4.78, 5) is 51.3. The number of amides is 2. The van der Waals surface area contributed by atoms with E-state index in [2.05, 4.69) is 15.6 Å². The van der Waals surface area contributed by atoms with Gasteiger partial charge in [0.15, 0.2) is 5.13 Å². The summed E-state index contributed by atoms with van der Waals surface area (Å²) in [6.07, 6.45) is -0.303. The number of carbonyl (C=O) groups excluding carboxylic acids is 3. The highest BCUT2D eigenvalue weighted by molar-refractivity contribution is 8.00. The minimum Gasteiger partial charge on any atom is -0.481 e. The van der Waals surface area contributed by atoms with Crippen LogP contribution in [0.5, 0.6) is 0 Å². The maximum Gasteiger partial charge on any atom is 0.311 e. The van der Waals surface area contributed by atoms with Crippen LogP contribution in [0.4, 0.5) is 10.8 Å². The Hall–Kier alpha value is -2.92. The van der Waals surface area contributed by atoms with Crippen molar-refractivity contribution in [1.82, 2.24) is 4.98 Å². The zero-order chi connectivity index (χ0) is 22.8. The first kappa shape index (κ1) is 24.4. The molecule has 0 aliphatic carbocycles. The van der Waals surface area contributed by atoms with Gasteiger partial charge in [-0.1, -0.05) is 6.07 Å². The minimum atomic E-state index is -1.03. The number of aromatic nitrogens is 1. The number of ether oxygens (including phenoxy) is 1. The van der Waals surface area contributed by atoms with Crippen LogP contribution in [0.2, 0.25) is 0 Å². The lowest BCUT2D eigenvalue weighted by Crippen LogP contribution is -2.22. The first-order chi connectivity index (χ1) is 14.8. The molecule has 2 aromatic rings. The molecule has 2 rings (SSSR count). The number of rotatable bonds is 11. The lowest BCUT2D eigenvalue weighted by Gasteiger charge is -2.12. The molecule has 1 aromatic heterocycles. The topological polar surface area (TPSA) is 135 Å². The second-order valence-electron chi connectivity index (χ2n) is 6.34. The van der Waals surface area contributed by atoms with Gasteiger partial charge in [-0.25, -0.2) is 4.98 Å². The highest BCUT2D eigenvalue weighted by atomic mass is 32.2. The Balaban J connectivity index is 1.88. The Morgan fingerprint density at radius 2 is 2.00 bits per heavy atom. The van der Waals surface area contributed by atoms with Crippen molar-refractivity contribution < 1.29 is 29.0 Å². The number of thioether (sulfide) groups is 1. The molecule has 0 saturated heterocycles. The fraction of sp³-hybridized carbons (Fsp3) is 0.350. The van der Waals surface area contributed by atoms with Crippen LogP contribution in [0.1, 0.15) is 32.4 Å². The summed E-state index contributed by atoms with van der Waals surface area (Å²) < 4.78 is 4.88. The van der Waals surface area contributed by atoms with E-state index in [0.717, 1.165) is 4.90 Å². The van der Waals surface area contributed by atoms with Gasteiger partial charge in [-0.05, 0) is 32.0 Å². The molecule has 11 heteroatoms. The number of carbonyl (C=O) groups is 4. The fourth-order valence-corrected chi connectivity index (χ4v) is 4.00. The zero-order valence-corrected chi connectivity index (χ0v) is 18.7. The van der Waals surface area contributed by atoms with E-state index in [1.165, 1.54) is 23.1 Å². The Morgan fingerprint density at radius 1 is 1.23 bits per heavy atom. The molecular weight excluding hydrogens is 442 g/mol. The summed E-state index contributed by atoms with van der Waals surface area (Å²) in [7, 11) is 0. The molecule has 1 heterocycles. The van der Waals surface area contributed by atoms with Crippen LogP contribution in [-0.2, 0) is 30.3 Å². The number of thiazole rings is 1. The Bertz CT molecular complexity index is 947. The van der Waals surface area contributed by atoms with Crippen LogP contribution in [0.15, 0.2) is 34.5 Å². The van der Waals surface area contributed by atoms with Gasteiger partial charge in [-0.15, -0.1) is 23.1 Å². The number of aliphatic carboxylic acids is 1. The van der Waals surface area contributed by atoms with Gasteiger partial charge in [0.2, 0.25) is 11.8 Å². The number of nitrogens with zero attached hydrogens (tertiary/aromatic N) is 1. The molecule has 1 aromatic carbocycles. The maximum atomic E-state index is 12.5. The van der Waals surface area contributed by atoms with Gasteiger partial charge in [0.1, 0.15) is 0 Å². The molecule has 1 atom stereocenters. The van der Waals surface area contributed by atoms with E-state index in [1.54, 1.807) is 37.4 Å². The van der Waals surface area contributed by atoms with Crippen molar-refractivity contribution in [3.63, 3.8) is 0 Å². The standard InChI is InChI=1S/C20H23N3O6S2/c1-3-29-18(27)10-14-11-30-20(22-14)23-19(28)12(2)31-15-6-4-5-13(9-15)21-16(24)7-8-17(25)26/h4-6,9,11-12H,3,7-8,10H2,1-2H3,(H,21,24)(H,25,26)(H,22,23,28). The average molecular weight is 466 g/mol. The van der Waals surface area contributed by atoms with E-state index in [-0.39, 0.29) is 31.1 Å². The van der Waals surface area contributed by atoms with Gasteiger partial charge in [0.25, 0.3) is 0 Å². The fourth-order valence-electron chi connectivity index (χ4n) is 2.36. The second kappa shape index (κ2) is 12.1. The molecule has 9 nitrogen and oxygen atoms in total. The van der Waals surface area contributed by atoms with Gasteiger partial charge >= 0.3 is 11.9 Å². The van der Waals surface area contributed by atoms with E-state index >= 15 is 0 Å². The van der Waals surface area contributed by atoms with Crippen molar-refractivity contribution in [2.75, 3.05) is 17.2 Å². The summed E-state index contributed by atoms with van der Waals surface area (Å²) in [5, 5.41) is 15.7. The van der Waals surface area contributed by atoms with Crippen molar-refractivity contribution >= 4 is 57.7 Å². The highest BCUT2D eigenvalue weighted by Crippen LogP contribution is 2.27. The Kier molecular flexibility index (Phi) is 9.47. The van der Waals surface area contributed by atoms with E-state index < -0.39 is 17.1 Å². The van der Waals surface area contributed by atoms with Crippen molar-refractivity contribution in [2.24, 2.45) is 0 Å². The highest BCUT2D eigenvalue weighted by Gasteiger charge is 2.17. The first-order valence-electron chi connectivity index (χ1n) is 9.46. The van der Waals surface area contributed by atoms with Gasteiger partial charge in [-0.3, -0.25) is 19.2 Å². The predicted octanol–water partition coefficient (Wildman–Crippen LogP) is 3.17. The molecule has 2 amide bonds. The number of hydrogen-bond acceptors (Lipinski definition) is 8. The number of nitrogens with one attached hydrogen (secondary N) is 2. The van der Waals surface area contributed by atoms with Gasteiger partial charge in [-0.2, -0.15) is 0 Å². The monoisotopic (exact) mass is 465 g/mol. The summed E-state index contributed by atoms with van der Waals surface area (Å²) in [6, 6.07) is 6.95. The smallest absolute Gasteiger partial charge is 0.311 e. The third-order valence-corrected chi connectivity index (χ3v) is 5.68. The largest absolute Gasteiger partial charge is 0.481 e. The predicted molar refractivity (Wildman–Crippen MR) is 118 cm³/mol. The van der Waals surface area contributed by atoms with E-state index in [9.17, 15) is 19.2 Å². The molecule has 0 aliphatic rings. The number of carboxylic acid groups (broad SMARTS) is 1. The third-order valence-electron chi connectivity index (χ3n) is 3.78. The summed E-state index contributed by atoms with van der Waals surface area (Å²) in [6.45, 7) is 3.77. The molecule has 0 fully saturated rings. The van der Waals surface area contributed by atoms with E-state index in [0.29, 0.717) is 23.1 Å². The van der Waals surface area contributed by atoms with Crippen molar-refractivity contribution in [2.45, 2.75) is 43.3 Å². The van der Waals surface area contributed by atoms with Gasteiger partial charge in [0.05, 0.1) is 30.4 Å². The molecule has 31 heavy (non-hydrogen) atoms. The molecule has 1 unspecified atom stereocenters. The normalized spacial score (nSPS) is 11.4. The van der Waals surface area contributed by atoms with Crippen LogP contribution < -0.4 is 10.6 Å². The van der Waals surface area contributed by atoms with Crippen molar-refractivity contribution in [1.29, 1.82) is 0 Å². The van der Waals surface area contributed by atoms with Crippen LogP contribution in [0.25, 0.3) is 0 Å². The van der Waals surface area contributed by atoms with E-state index in [1.807, 2.05) is 6.07 Å². The van der Waals surface area contributed by atoms with Crippen molar-refractivity contribution in [3.8, 4) is 0 Å². The maximum absolute atomic E-state index is 12.5. The number of esters is 1. The molecule has 0 bridgehead atoms. The summed E-state index contributed by atoms with van der Waals surface area (Å²) in [5.41, 5.74) is 1.06. The molecule has 0 saturated carbocycles. The third kappa shape index (κ3) is 8.77. The molecule has 0 radical (unpaired) electrons. The van der Waals surface area contributed by atoms with Gasteiger partial charge in [0, 0.05) is 22.4 Å². The molecule has 3 N–H and O–H groups in total. The quantitative estimate of drug-likeness (QED) is 0.340. The minimum absolute atomic E-state index is 0.0511. The average Bonchev–Trinajstić information content (AvgIpc) is 3.13. The number of anilines is 2. The second-order valence-corrected chi connectivity index (χ2v) is 8.62. The van der Waals surface area contributed by atoms with Crippen molar-refractivity contribution in [3.05, 3.63) is 35.3 Å². The Labute approximate surface area is 187 Å². The van der Waals surface area contributed by atoms with Crippen LogP contribution in [0.3, 0.4) is 0 Å². The summed E-state index contributed by atoms with van der Waals surface area (Å²) in [5.74, 6) is -2.05. The Morgan fingerprint density at radius 3 is 2.71 bits per heavy atom. The number of benzene rings is 1. The lowest BCUT2D eigenvalue weighted by atomic mass is 10.2. The van der Waals surface area contributed by atoms with Crippen LogP contribution in [-0.4, -0.2) is 45.7 Å². The molecule has 0 spiro atoms. The summed E-state index contributed by atoms with van der Waals surface area (Å²) >= 11 is 2.53.